The number of unbranched alkanes of at least 4 members (excludes halogenated alkanes) is 2. The highest BCUT2D eigenvalue weighted by atomic mass is 32.2. The van der Waals surface area contributed by atoms with E-state index < -0.39 is 25.6 Å². The Morgan fingerprint density at radius 3 is 2.47 bits per heavy atom. The molecule has 1 rings (SSSR count). The smallest absolute Gasteiger partial charge is 0.288 e. The average molecular weight is 251 g/mol. The van der Waals surface area contributed by atoms with Crippen LogP contribution in [-0.2, 0) is 14.6 Å². The maximum absolute atomic E-state index is 11.6. The number of hydrogen-bond acceptors (Lipinski definition) is 5. The number of thioether (sulfide) groups is 1. The van der Waals surface area contributed by atoms with Gasteiger partial charge in [-0.3, -0.25) is 9.59 Å². The van der Waals surface area contributed by atoms with E-state index in [0.29, 0.717) is 18.2 Å². The van der Waals surface area contributed by atoms with Crippen molar-refractivity contribution < 1.29 is 18.0 Å². The molecule has 0 aromatic heterocycles. The standard InChI is InChI=1S/C8H13NO4S2/c1-2-3-4-5-15(12,13)6-7(10)14-8(11)9-6/h6H,2-5H2,1H3,(H,9,11). The first-order valence-corrected chi connectivity index (χ1v) is 7.24. The van der Waals surface area contributed by atoms with Crippen molar-refractivity contribution >= 4 is 32.0 Å². The molecule has 1 aliphatic rings. The van der Waals surface area contributed by atoms with Crippen LogP contribution < -0.4 is 5.32 Å². The van der Waals surface area contributed by atoms with Crippen LogP contribution in [0.3, 0.4) is 0 Å². The molecule has 1 aliphatic heterocycles. The van der Waals surface area contributed by atoms with Crippen molar-refractivity contribution in [2.75, 3.05) is 5.75 Å². The quantitative estimate of drug-likeness (QED) is 0.734. The molecule has 5 nitrogen and oxygen atoms in total. The summed E-state index contributed by atoms with van der Waals surface area (Å²) in [4.78, 5) is 22.0. The van der Waals surface area contributed by atoms with Crippen molar-refractivity contribution in [3.05, 3.63) is 0 Å². The Balaban J connectivity index is 2.62. The molecular formula is C8H13NO4S2. The van der Waals surface area contributed by atoms with Gasteiger partial charge in [-0.15, -0.1) is 0 Å². The van der Waals surface area contributed by atoms with Crippen LogP contribution in [0, 0.1) is 0 Å². The third kappa shape index (κ3) is 3.20. The van der Waals surface area contributed by atoms with Crippen LogP contribution in [-0.4, -0.2) is 29.9 Å². The summed E-state index contributed by atoms with van der Waals surface area (Å²) >= 11 is 0.427. The Bertz CT molecular complexity index is 363. The molecule has 0 aromatic carbocycles. The predicted octanol–water partition coefficient (Wildman–Crippen LogP) is 0.901. The molecule has 1 amide bonds. The van der Waals surface area contributed by atoms with E-state index in [1.54, 1.807) is 0 Å². The maximum atomic E-state index is 11.6. The van der Waals surface area contributed by atoms with Crippen LogP contribution in [0.4, 0.5) is 4.79 Å². The summed E-state index contributed by atoms with van der Waals surface area (Å²) in [7, 11) is -3.52. The summed E-state index contributed by atoms with van der Waals surface area (Å²) < 4.78 is 23.2. The summed E-state index contributed by atoms with van der Waals surface area (Å²) in [5.41, 5.74) is 0. The van der Waals surface area contributed by atoms with Crippen molar-refractivity contribution in [3.8, 4) is 0 Å². The van der Waals surface area contributed by atoms with Crippen molar-refractivity contribution in [2.45, 2.75) is 31.6 Å². The van der Waals surface area contributed by atoms with E-state index in [4.69, 9.17) is 0 Å². The summed E-state index contributed by atoms with van der Waals surface area (Å²) in [5, 5.41) is -0.364. The summed E-state index contributed by atoms with van der Waals surface area (Å²) in [6.07, 6.45) is 2.25. The molecule has 0 bridgehead atoms. The van der Waals surface area contributed by atoms with Crippen LogP contribution >= 0.6 is 11.8 Å². The SMILES string of the molecule is CCCCCS(=O)(=O)C1NC(=O)SC1=O. The van der Waals surface area contributed by atoms with Crippen molar-refractivity contribution in [1.29, 1.82) is 0 Å². The zero-order chi connectivity index (χ0) is 11.5. The normalized spacial score (nSPS) is 21.8. The topological polar surface area (TPSA) is 80.3 Å². The van der Waals surface area contributed by atoms with E-state index in [9.17, 15) is 18.0 Å². The monoisotopic (exact) mass is 251 g/mol. The zero-order valence-corrected chi connectivity index (χ0v) is 9.99. The first kappa shape index (κ1) is 12.5. The Morgan fingerprint density at radius 2 is 2.00 bits per heavy atom. The Labute approximate surface area is 92.9 Å². The molecule has 1 fully saturated rings. The summed E-state index contributed by atoms with van der Waals surface area (Å²) in [6.45, 7) is 1.96. The molecule has 1 saturated heterocycles. The fourth-order valence-electron chi connectivity index (χ4n) is 1.25. The van der Waals surface area contributed by atoms with Crippen LogP contribution in [0.1, 0.15) is 26.2 Å². The molecule has 1 N–H and O–H groups in total. The van der Waals surface area contributed by atoms with E-state index in [2.05, 4.69) is 5.32 Å². The number of rotatable bonds is 5. The van der Waals surface area contributed by atoms with E-state index in [0.717, 1.165) is 12.8 Å². The third-order valence-corrected chi connectivity index (χ3v) is 4.85. The minimum atomic E-state index is -3.52. The molecule has 1 heterocycles. The summed E-state index contributed by atoms with van der Waals surface area (Å²) in [5.74, 6) is -0.0436. The fraction of sp³-hybridized carbons (Fsp3) is 0.750. The number of sulfone groups is 1. The number of carbonyl (C=O) groups is 2. The van der Waals surface area contributed by atoms with Crippen molar-refractivity contribution in [1.82, 2.24) is 5.32 Å². The van der Waals surface area contributed by atoms with Gasteiger partial charge in [0.25, 0.3) is 5.24 Å². The average Bonchev–Trinajstić information content (AvgIpc) is 2.46. The van der Waals surface area contributed by atoms with Gasteiger partial charge in [0.1, 0.15) is 0 Å². The highest BCUT2D eigenvalue weighted by Crippen LogP contribution is 2.20. The molecular weight excluding hydrogens is 238 g/mol. The Kier molecular flexibility index (Phi) is 4.15. The van der Waals surface area contributed by atoms with Gasteiger partial charge in [0, 0.05) is 11.8 Å². The van der Waals surface area contributed by atoms with Crippen molar-refractivity contribution in [3.63, 3.8) is 0 Å². The van der Waals surface area contributed by atoms with Gasteiger partial charge in [-0.05, 0) is 6.42 Å². The molecule has 0 radical (unpaired) electrons. The first-order valence-electron chi connectivity index (χ1n) is 4.71. The van der Waals surface area contributed by atoms with Gasteiger partial charge in [-0.2, -0.15) is 0 Å². The minimum Gasteiger partial charge on any atom is -0.323 e. The molecule has 0 spiro atoms. The number of amides is 1. The van der Waals surface area contributed by atoms with Crippen LogP contribution in [0.25, 0.3) is 0 Å². The largest absolute Gasteiger partial charge is 0.323 e. The molecule has 1 unspecified atom stereocenters. The Hall–Kier alpha value is -0.560. The highest BCUT2D eigenvalue weighted by molar-refractivity contribution is 8.27. The van der Waals surface area contributed by atoms with E-state index >= 15 is 0 Å². The zero-order valence-electron chi connectivity index (χ0n) is 8.36. The lowest BCUT2D eigenvalue weighted by molar-refractivity contribution is -0.110. The molecule has 1 atom stereocenters. The van der Waals surface area contributed by atoms with E-state index in [1.807, 2.05) is 6.92 Å². The lowest BCUT2D eigenvalue weighted by atomic mass is 10.3. The summed E-state index contributed by atoms with van der Waals surface area (Å²) in [6, 6.07) is 0. The van der Waals surface area contributed by atoms with Gasteiger partial charge in [-0.1, -0.05) is 19.8 Å². The number of nitrogens with one attached hydrogen (secondary N) is 1. The number of hydrogen-bond donors (Lipinski definition) is 1. The predicted molar refractivity (Wildman–Crippen MR) is 58.2 cm³/mol. The van der Waals surface area contributed by atoms with Gasteiger partial charge in [-0.25, -0.2) is 8.42 Å². The highest BCUT2D eigenvalue weighted by Gasteiger charge is 2.40. The van der Waals surface area contributed by atoms with Crippen LogP contribution in [0.2, 0.25) is 0 Å². The molecule has 86 valence electrons. The molecule has 7 heteroatoms. The molecule has 15 heavy (non-hydrogen) atoms. The van der Waals surface area contributed by atoms with Crippen LogP contribution in [0.15, 0.2) is 0 Å². The van der Waals surface area contributed by atoms with Gasteiger partial charge < -0.3 is 5.32 Å². The third-order valence-electron chi connectivity index (χ3n) is 2.05. The molecule has 0 aliphatic carbocycles. The van der Waals surface area contributed by atoms with Gasteiger partial charge >= 0.3 is 0 Å². The van der Waals surface area contributed by atoms with E-state index in [-0.39, 0.29) is 5.75 Å². The van der Waals surface area contributed by atoms with Gasteiger partial charge in [0.05, 0.1) is 5.75 Å². The van der Waals surface area contributed by atoms with E-state index in [1.165, 1.54) is 0 Å². The van der Waals surface area contributed by atoms with Crippen LogP contribution in [0.5, 0.6) is 0 Å². The minimum absolute atomic E-state index is 0.0436. The van der Waals surface area contributed by atoms with Gasteiger partial charge in [0.15, 0.2) is 9.84 Å². The molecule has 0 saturated carbocycles. The second kappa shape index (κ2) is 4.98. The van der Waals surface area contributed by atoms with Crippen molar-refractivity contribution in [2.24, 2.45) is 0 Å². The molecule has 0 aromatic rings. The lowest BCUT2D eigenvalue weighted by Crippen LogP contribution is -2.38. The lowest BCUT2D eigenvalue weighted by Gasteiger charge is -2.08. The first-order chi connectivity index (χ1) is 6.97. The second-order valence-electron chi connectivity index (χ2n) is 3.31. The Morgan fingerprint density at radius 1 is 1.33 bits per heavy atom. The fourth-order valence-corrected chi connectivity index (χ4v) is 3.85. The number of carbonyl (C=O) groups excluding carboxylic acids is 2. The van der Waals surface area contributed by atoms with Gasteiger partial charge in [0.2, 0.25) is 10.5 Å². The maximum Gasteiger partial charge on any atom is 0.288 e. The second-order valence-corrected chi connectivity index (χ2v) is 6.49.